The van der Waals surface area contributed by atoms with Crippen LogP contribution in [0.25, 0.3) is 0 Å². The Bertz CT molecular complexity index is 366. The molecule has 0 aromatic heterocycles. The molecule has 20 heavy (non-hydrogen) atoms. The molecule has 0 aliphatic carbocycles. The summed E-state index contributed by atoms with van der Waals surface area (Å²) >= 11 is 0. The standard InChI is InChI=1S/C15H28N2O3/c1-10(2)13-14(19)17(8-7-15(4,5)20-6)11(3)9-12(18)16-13/h10-11,13H,7-9H2,1-6H3,(H,16,18). The van der Waals surface area contributed by atoms with Crippen molar-refractivity contribution in [2.24, 2.45) is 5.92 Å². The zero-order valence-corrected chi connectivity index (χ0v) is 13.5. The number of hydrogen-bond acceptors (Lipinski definition) is 3. The molecule has 0 radical (unpaired) electrons. The van der Waals surface area contributed by atoms with E-state index in [4.69, 9.17) is 4.74 Å². The van der Waals surface area contributed by atoms with Crippen LogP contribution in [0.2, 0.25) is 0 Å². The van der Waals surface area contributed by atoms with Crippen LogP contribution < -0.4 is 5.32 Å². The van der Waals surface area contributed by atoms with Crippen LogP contribution in [0.3, 0.4) is 0 Å². The zero-order valence-electron chi connectivity index (χ0n) is 13.5. The number of nitrogens with zero attached hydrogens (tertiary/aromatic N) is 1. The normalized spacial score (nSPS) is 24.9. The highest BCUT2D eigenvalue weighted by atomic mass is 16.5. The van der Waals surface area contributed by atoms with Gasteiger partial charge in [0, 0.05) is 26.1 Å². The highest BCUT2D eigenvalue weighted by Crippen LogP contribution is 2.20. The number of rotatable bonds is 5. The Balaban J connectivity index is 2.84. The Morgan fingerprint density at radius 3 is 2.50 bits per heavy atom. The molecule has 1 heterocycles. The number of nitrogens with one attached hydrogen (secondary N) is 1. The molecule has 2 atom stereocenters. The molecule has 1 aliphatic heterocycles. The maximum atomic E-state index is 12.6. The van der Waals surface area contributed by atoms with Crippen molar-refractivity contribution in [2.45, 2.75) is 65.1 Å². The molecule has 5 nitrogen and oxygen atoms in total. The lowest BCUT2D eigenvalue weighted by Crippen LogP contribution is -2.50. The fourth-order valence-electron chi connectivity index (χ4n) is 2.34. The summed E-state index contributed by atoms with van der Waals surface area (Å²) in [4.78, 5) is 26.3. The van der Waals surface area contributed by atoms with E-state index in [1.165, 1.54) is 0 Å². The van der Waals surface area contributed by atoms with Crippen molar-refractivity contribution in [3.63, 3.8) is 0 Å². The maximum Gasteiger partial charge on any atom is 0.245 e. The predicted octanol–water partition coefficient (Wildman–Crippen LogP) is 1.56. The van der Waals surface area contributed by atoms with Gasteiger partial charge in [0.05, 0.1) is 5.60 Å². The van der Waals surface area contributed by atoms with Crippen LogP contribution in [0, 0.1) is 5.92 Å². The summed E-state index contributed by atoms with van der Waals surface area (Å²) in [7, 11) is 1.68. The van der Waals surface area contributed by atoms with E-state index in [1.54, 1.807) is 7.11 Å². The average Bonchev–Trinajstić information content (AvgIpc) is 2.44. The van der Waals surface area contributed by atoms with Crippen LogP contribution in [-0.4, -0.2) is 48.1 Å². The molecule has 1 saturated heterocycles. The fraction of sp³-hybridized carbons (Fsp3) is 0.867. The lowest BCUT2D eigenvalue weighted by atomic mass is 10.0. The van der Waals surface area contributed by atoms with E-state index in [-0.39, 0.29) is 29.4 Å². The first-order valence-electron chi connectivity index (χ1n) is 7.33. The molecule has 1 aliphatic rings. The monoisotopic (exact) mass is 284 g/mol. The molecule has 0 aromatic rings. The van der Waals surface area contributed by atoms with Crippen LogP contribution >= 0.6 is 0 Å². The Labute approximate surface area is 122 Å². The summed E-state index contributed by atoms with van der Waals surface area (Å²) in [5.41, 5.74) is -0.267. The Morgan fingerprint density at radius 1 is 1.40 bits per heavy atom. The van der Waals surface area contributed by atoms with Crippen molar-refractivity contribution in [1.29, 1.82) is 0 Å². The third-order valence-corrected chi connectivity index (χ3v) is 4.05. The SMILES string of the molecule is COC(C)(C)CCN1C(=O)C(C(C)C)NC(=O)CC1C. The molecular formula is C15H28N2O3. The van der Waals surface area contributed by atoms with Gasteiger partial charge in [0.25, 0.3) is 0 Å². The maximum absolute atomic E-state index is 12.6. The van der Waals surface area contributed by atoms with Gasteiger partial charge in [0.1, 0.15) is 6.04 Å². The molecule has 0 saturated carbocycles. The van der Waals surface area contributed by atoms with Crippen LogP contribution in [0.1, 0.15) is 47.5 Å². The lowest BCUT2D eigenvalue weighted by molar-refractivity contribution is -0.136. The predicted molar refractivity (Wildman–Crippen MR) is 78.3 cm³/mol. The van der Waals surface area contributed by atoms with Gasteiger partial charge in [0.15, 0.2) is 0 Å². The molecule has 0 spiro atoms. The summed E-state index contributed by atoms with van der Waals surface area (Å²) in [6.45, 7) is 10.5. The summed E-state index contributed by atoms with van der Waals surface area (Å²) in [5.74, 6) is 0.0676. The number of methoxy groups -OCH3 is 1. The number of carbonyl (C=O) groups is 2. The van der Waals surface area contributed by atoms with E-state index < -0.39 is 6.04 Å². The fourth-order valence-corrected chi connectivity index (χ4v) is 2.34. The van der Waals surface area contributed by atoms with Gasteiger partial charge in [-0.3, -0.25) is 9.59 Å². The molecule has 5 heteroatoms. The number of ether oxygens (including phenoxy) is 1. The second-order valence-corrected chi connectivity index (χ2v) is 6.59. The number of amides is 2. The smallest absolute Gasteiger partial charge is 0.245 e. The van der Waals surface area contributed by atoms with Gasteiger partial charge in [-0.05, 0) is 33.1 Å². The first kappa shape index (κ1) is 17.0. The second kappa shape index (κ2) is 6.57. The third kappa shape index (κ3) is 4.20. The third-order valence-electron chi connectivity index (χ3n) is 4.05. The molecule has 0 bridgehead atoms. The summed E-state index contributed by atoms with van der Waals surface area (Å²) < 4.78 is 5.41. The Kier molecular flexibility index (Phi) is 5.57. The molecule has 1 rings (SSSR count). The molecule has 1 N–H and O–H groups in total. The van der Waals surface area contributed by atoms with E-state index in [9.17, 15) is 9.59 Å². The van der Waals surface area contributed by atoms with Crippen LogP contribution in [0.4, 0.5) is 0 Å². The van der Waals surface area contributed by atoms with Crippen LogP contribution in [0.5, 0.6) is 0 Å². The topological polar surface area (TPSA) is 58.6 Å². The Morgan fingerprint density at radius 2 is 2.00 bits per heavy atom. The van der Waals surface area contributed by atoms with E-state index >= 15 is 0 Å². The van der Waals surface area contributed by atoms with Gasteiger partial charge in [-0.2, -0.15) is 0 Å². The van der Waals surface area contributed by atoms with Crippen LogP contribution in [-0.2, 0) is 14.3 Å². The van der Waals surface area contributed by atoms with Gasteiger partial charge in [0.2, 0.25) is 11.8 Å². The van der Waals surface area contributed by atoms with Gasteiger partial charge in [-0.25, -0.2) is 0 Å². The summed E-state index contributed by atoms with van der Waals surface area (Å²) in [6.07, 6.45) is 1.11. The van der Waals surface area contributed by atoms with Crippen LogP contribution in [0.15, 0.2) is 0 Å². The molecule has 2 amide bonds. The van der Waals surface area contributed by atoms with Gasteiger partial charge >= 0.3 is 0 Å². The molecule has 1 fully saturated rings. The molecule has 0 aromatic carbocycles. The first-order valence-corrected chi connectivity index (χ1v) is 7.33. The minimum atomic E-state index is -0.418. The quantitative estimate of drug-likeness (QED) is 0.833. The van der Waals surface area contributed by atoms with E-state index in [0.717, 1.165) is 6.42 Å². The van der Waals surface area contributed by atoms with E-state index in [1.807, 2.05) is 39.5 Å². The van der Waals surface area contributed by atoms with Crippen molar-refractivity contribution in [3.8, 4) is 0 Å². The van der Waals surface area contributed by atoms with Crippen molar-refractivity contribution >= 4 is 11.8 Å². The second-order valence-electron chi connectivity index (χ2n) is 6.59. The first-order chi connectivity index (χ1) is 9.18. The number of carbonyl (C=O) groups excluding carboxylic acids is 2. The van der Waals surface area contributed by atoms with Crippen molar-refractivity contribution in [2.75, 3.05) is 13.7 Å². The minimum absolute atomic E-state index is 0.0188. The van der Waals surface area contributed by atoms with Gasteiger partial charge < -0.3 is 15.0 Å². The molecule has 116 valence electrons. The highest BCUT2D eigenvalue weighted by molar-refractivity contribution is 5.90. The molecular weight excluding hydrogens is 256 g/mol. The minimum Gasteiger partial charge on any atom is -0.379 e. The summed E-state index contributed by atoms with van der Waals surface area (Å²) in [5, 5.41) is 2.84. The van der Waals surface area contributed by atoms with Crippen molar-refractivity contribution in [1.82, 2.24) is 10.2 Å². The largest absolute Gasteiger partial charge is 0.379 e. The van der Waals surface area contributed by atoms with Gasteiger partial charge in [-0.15, -0.1) is 0 Å². The lowest BCUT2D eigenvalue weighted by Gasteiger charge is -2.33. The van der Waals surface area contributed by atoms with Crippen molar-refractivity contribution in [3.05, 3.63) is 0 Å². The summed E-state index contributed by atoms with van der Waals surface area (Å²) in [6, 6.07) is -0.489. The molecule has 2 unspecified atom stereocenters. The number of hydrogen-bond donors (Lipinski definition) is 1. The highest BCUT2D eigenvalue weighted by Gasteiger charge is 2.36. The zero-order chi connectivity index (χ0) is 15.5. The average molecular weight is 284 g/mol. The van der Waals surface area contributed by atoms with Crippen molar-refractivity contribution < 1.29 is 14.3 Å². The Hall–Kier alpha value is -1.10. The van der Waals surface area contributed by atoms with Gasteiger partial charge in [-0.1, -0.05) is 13.8 Å². The van der Waals surface area contributed by atoms with E-state index in [0.29, 0.717) is 13.0 Å². The van der Waals surface area contributed by atoms with E-state index in [2.05, 4.69) is 5.32 Å².